The van der Waals surface area contributed by atoms with Crippen LogP contribution in [0.3, 0.4) is 0 Å². The molecule has 0 aliphatic rings. The molecule has 0 aliphatic carbocycles. The van der Waals surface area contributed by atoms with Gasteiger partial charge in [0.2, 0.25) is 0 Å². The lowest BCUT2D eigenvalue weighted by molar-refractivity contribution is 0.332. The minimum absolute atomic E-state index is 0.0596. The largest absolute Gasteiger partial charge is 0.357 e. The Morgan fingerprint density at radius 1 is 1.15 bits per heavy atom. The molecule has 0 saturated carbocycles. The molecule has 0 bridgehead atoms. The molecule has 3 aromatic rings. The quantitative estimate of drug-likeness (QED) is 0.535. The van der Waals surface area contributed by atoms with E-state index >= 15 is 0 Å². The van der Waals surface area contributed by atoms with Crippen LogP contribution in [0.1, 0.15) is 11.3 Å². The molecule has 142 valence electrons. The summed E-state index contributed by atoms with van der Waals surface area (Å²) in [6, 6.07) is 6.42. The Morgan fingerprint density at radius 3 is 2.44 bits per heavy atom. The number of hydrogen-bond acceptors (Lipinski definition) is 4. The van der Waals surface area contributed by atoms with Crippen molar-refractivity contribution in [2.75, 3.05) is 6.26 Å². The van der Waals surface area contributed by atoms with Crippen molar-refractivity contribution in [3.05, 3.63) is 57.8 Å². The number of sulfone groups is 1. The summed E-state index contributed by atoms with van der Waals surface area (Å²) in [6.07, 6.45) is 0.771. The highest BCUT2D eigenvalue weighted by Gasteiger charge is 2.25. The van der Waals surface area contributed by atoms with Gasteiger partial charge in [-0.2, -0.15) is 0 Å². The van der Waals surface area contributed by atoms with E-state index in [2.05, 4.69) is 21.1 Å². The molecule has 2 aromatic carbocycles. The summed E-state index contributed by atoms with van der Waals surface area (Å²) in [4.78, 5) is -0.775. The molecular weight excluding hydrogens is 447 g/mol. The summed E-state index contributed by atoms with van der Waals surface area (Å²) >= 11 is 3.36. The maximum Gasteiger partial charge on any atom is 0.178 e. The van der Waals surface area contributed by atoms with Crippen molar-refractivity contribution in [3.63, 3.8) is 0 Å². The molecule has 0 spiro atoms. The van der Waals surface area contributed by atoms with Crippen molar-refractivity contribution in [1.82, 2.24) is 5.16 Å². The molecule has 27 heavy (non-hydrogen) atoms. The summed E-state index contributed by atoms with van der Waals surface area (Å²) in [5.41, 5.74) is 1.10. The van der Waals surface area contributed by atoms with Gasteiger partial charge in [-0.3, -0.25) is 0 Å². The van der Waals surface area contributed by atoms with Gasteiger partial charge in [-0.1, -0.05) is 27.2 Å². The molecular formula is C18H13BrF3NO3S. The molecule has 0 unspecified atom stereocenters. The van der Waals surface area contributed by atoms with E-state index in [1.807, 2.05) is 6.92 Å². The van der Waals surface area contributed by atoms with Crippen LogP contribution in [0.5, 0.6) is 0 Å². The fourth-order valence-corrected chi connectivity index (χ4v) is 3.66. The Labute approximate surface area is 162 Å². The maximum atomic E-state index is 14.6. The van der Waals surface area contributed by atoms with Crippen LogP contribution < -0.4 is 0 Å². The Bertz CT molecular complexity index is 1140. The van der Waals surface area contributed by atoms with Gasteiger partial charge in [-0.25, -0.2) is 21.6 Å². The fourth-order valence-electron chi connectivity index (χ4n) is 2.69. The van der Waals surface area contributed by atoms with Crippen LogP contribution in [0.4, 0.5) is 13.2 Å². The molecule has 0 radical (unpaired) electrons. The van der Waals surface area contributed by atoms with Gasteiger partial charge >= 0.3 is 0 Å². The van der Waals surface area contributed by atoms with E-state index in [4.69, 9.17) is 4.52 Å². The van der Waals surface area contributed by atoms with E-state index in [1.165, 1.54) is 0 Å². The maximum absolute atomic E-state index is 14.6. The molecule has 0 aliphatic heterocycles. The van der Waals surface area contributed by atoms with E-state index in [9.17, 15) is 21.6 Å². The van der Waals surface area contributed by atoms with Gasteiger partial charge in [0.05, 0.1) is 5.56 Å². The third-order valence-electron chi connectivity index (χ3n) is 4.01. The zero-order chi connectivity index (χ0) is 19.9. The van der Waals surface area contributed by atoms with Crippen LogP contribution in [0.25, 0.3) is 22.4 Å². The summed E-state index contributed by atoms with van der Waals surface area (Å²) < 4.78 is 71.3. The molecule has 1 aromatic heterocycles. The van der Waals surface area contributed by atoms with Crippen LogP contribution in [0.2, 0.25) is 0 Å². The number of benzene rings is 2. The highest BCUT2D eigenvalue weighted by molar-refractivity contribution is 9.10. The summed E-state index contributed by atoms with van der Waals surface area (Å²) in [7, 11) is -3.96. The van der Waals surface area contributed by atoms with E-state index in [0.29, 0.717) is 17.7 Å². The smallest absolute Gasteiger partial charge is 0.178 e. The first-order valence-corrected chi connectivity index (χ1v) is 10.3. The van der Waals surface area contributed by atoms with Gasteiger partial charge in [-0.05, 0) is 36.8 Å². The number of aromatic nitrogens is 1. The highest BCUT2D eigenvalue weighted by Crippen LogP contribution is 2.38. The second kappa shape index (κ2) is 7.12. The molecule has 3 rings (SSSR count). The molecule has 1 heterocycles. The SMILES string of the molecule is Cc1cc(-c2noc(CF)c2-c2cc(F)c(S(C)(=O)=O)cc2F)ccc1Br. The Kier molecular flexibility index (Phi) is 5.18. The van der Waals surface area contributed by atoms with Crippen molar-refractivity contribution >= 4 is 25.8 Å². The van der Waals surface area contributed by atoms with Crippen LogP contribution in [-0.2, 0) is 16.5 Å². The third-order valence-corrected chi connectivity index (χ3v) is 6.01. The van der Waals surface area contributed by atoms with E-state index < -0.39 is 33.0 Å². The Balaban J connectivity index is 2.27. The second-order valence-corrected chi connectivity index (χ2v) is 8.80. The first-order valence-electron chi connectivity index (χ1n) is 7.64. The topological polar surface area (TPSA) is 60.2 Å². The van der Waals surface area contributed by atoms with Crippen LogP contribution in [-0.4, -0.2) is 19.8 Å². The summed E-state index contributed by atoms with van der Waals surface area (Å²) in [5, 5.41) is 3.81. The minimum atomic E-state index is -3.96. The number of alkyl halides is 1. The van der Waals surface area contributed by atoms with Gasteiger partial charge in [0.1, 0.15) is 22.2 Å². The average Bonchev–Trinajstić information content (AvgIpc) is 3.01. The van der Waals surface area contributed by atoms with Gasteiger partial charge in [-0.15, -0.1) is 0 Å². The van der Waals surface area contributed by atoms with Crippen molar-refractivity contribution in [2.45, 2.75) is 18.5 Å². The van der Waals surface area contributed by atoms with E-state index in [-0.39, 0.29) is 22.6 Å². The van der Waals surface area contributed by atoms with Crippen molar-refractivity contribution < 1.29 is 26.1 Å². The van der Waals surface area contributed by atoms with Crippen molar-refractivity contribution in [3.8, 4) is 22.4 Å². The van der Waals surface area contributed by atoms with Crippen LogP contribution in [0.15, 0.2) is 44.2 Å². The first kappa shape index (κ1) is 19.6. The molecule has 4 nitrogen and oxygen atoms in total. The predicted molar refractivity (Wildman–Crippen MR) is 97.6 cm³/mol. The van der Waals surface area contributed by atoms with Crippen LogP contribution >= 0.6 is 15.9 Å². The standard InChI is InChI=1S/C18H13BrF3NO3S/c1-9-5-10(3-4-12(9)19)18-17(15(8-20)26-23-18)11-6-14(22)16(7-13(11)21)27(2,24)25/h3-7H,8H2,1-2H3. The number of aryl methyl sites for hydroxylation is 1. The molecule has 0 fully saturated rings. The number of halogens is 4. The average molecular weight is 460 g/mol. The summed E-state index contributed by atoms with van der Waals surface area (Å²) in [6.45, 7) is 0.733. The lowest BCUT2D eigenvalue weighted by Gasteiger charge is -2.09. The third kappa shape index (κ3) is 3.66. The highest BCUT2D eigenvalue weighted by atomic mass is 79.9. The lowest BCUT2D eigenvalue weighted by Crippen LogP contribution is -2.03. The van der Waals surface area contributed by atoms with E-state index in [0.717, 1.165) is 16.3 Å². The molecule has 9 heteroatoms. The van der Waals surface area contributed by atoms with Gasteiger partial charge in [0.25, 0.3) is 0 Å². The Morgan fingerprint density at radius 2 is 1.85 bits per heavy atom. The molecule has 0 atom stereocenters. The normalized spacial score (nSPS) is 11.8. The van der Waals surface area contributed by atoms with Crippen molar-refractivity contribution in [1.29, 1.82) is 0 Å². The number of rotatable bonds is 4. The zero-order valence-electron chi connectivity index (χ0n) is 14.2. The first-order chi connectivity index (χ1) is 12.6. The van der Waals surface area contributed by atoms with E-state index in [1.54, 1.807) is 18.2 Å². The zero-order valence-corrected chi connectivity index (χ0v) is 16.6. The van der Waals surface area contributed by atoms with Crippen LogP contribution in [0, 0.1) is 18.6 Å². The minimum Gasteiger partial charge on any atom is -0.357 e. The number of hydrogen-bond donors (Lipinski definition) is 0. The molecule has 0 saturated heterocycles. The lowest BCUT2D eigenvalue weighted by atomic mass is 9.98. The Hall–Kier alpha value is -2.13. The van der Waals surface area contributed by atoms with Gasteiger partial charge < -0.3 is 4.52 Å². The summed E-state index contributed by atoms with van der Waals surface area (Å²) in [5.74, 6) is -2.45. The van der Waals surface area contributed by atoms with Crippen molar-refractivity contribution in [2.24, 2.45) is 0 Å². The predicted octanol–water partition coefficient (Wildman–Crippen LogP) is 5.23. The monoisotopic (exact) mass is 459 g/mol. The second-order valence-electron chi connectivity index (χ2n) is 5.96. The number of nitrogens with zero attached hydrogens (tertiary/aromatic N) is 1. The van der Waals surface area contributed by atoms with Gasteiger partial charge in [0.15, 0.2) is 22.3 Å². The molecule has 0 N–H and O–H groups in total. The fraction of sp³-hybridized carbons (Fsp3) is 0.167. The molecule has 0 amide bonds. The van der Waals surface area contributed by atoms with Gasteiger partial charge in [0, 0.05) is 21.9 Å².